The van der Waals surface area contributed by atoms with Gasteiger partial charge in [-0.3, -0.25) is 0 Å². The number of nitrogens with zero attached hydrogens (tertiary/aromatic N) is 2. The Bertz CT molecular complexity index is 962. The van der Waals surface area contributed by atoms with Crippen molar-refractivity contribution in [1.82, 2.24) is 9.55 Å². The molecule has 3 rings (SSSR count). The summed E-state index contributed by atoms with van der Waals surface area (Å²) in [6, 6.07) is 11.0. The third kappa shape index (κ3) is 4.28. The van der Waals surface area contributed by atoms with Crippen molar-refractivity contribution in [1.29, 1.82) is 0 Å². The van der Waals surface area contributed by atoms with Crippen molar-refractivity contribution in [3.63, 3.8) is 0 Å². The number of fused-ring (bicyclic) bond motifs is 1. The number of rotatable bonds is 8. The van der Waals surface area contributed by atoms with Crippen LogP contribution in [0.25, 0.3) is 11.0 Å². The van der Waals surface area contributed by atoms with Gasteiger partial charge >= 0.3 is 5.97 Å². The van der Waals surface area contributed by atoms with Crippen LogP contribution in [0.5, 0.6) is 5.75 Å². The second kappa shape index (κ2) is 8.22. The zero-order chi connectivity index (χ0) is 19.4. The molecule has 2 aromatic carbocycles. The summed E-state index contributed by atoms with van der Waals surface area (Å²) in [7, 11) is 0. The highest BCUT2D eigenvalue weighted by Gasteiger charge is 2.14. The zero-order valence-electron chi connectivity index (χ0n) is 15.9. The number of hydrogen-bond acceptors (Lipinski definition) is 4. The third-order valence-electron chi connectivity index (χ3n) is 4.42. The van der Waals surface area contributed by atoms with Crippen molar-refractivity contribution in [3.05, 3.63) is 58.9 Å². The van der Waals surface area contributed by atoms with E-state index in [1.54, 1.807) is 18.2 Å². The Labute approximate surface area is 158 Å². The molecule has 0 aliphatic rings. The largest absolute Gasteiger partial charge is 0.485 e. The second-order valence-corrected chi connectivity index (χ2v) is 6.44. The zero-order valence-corrected chi connectivity index (χ0v) is 15.9. The van der Waals surface area contributed by atoms with Crippen molar-refractivity contribution >= 4 is 17.0 Å². The van der Waals surface area contributed by atoms with Gasteiger partial charge in [0.1, 0.15) is 18.2 Å². The van der Waals surface area contributed by atoms with Gasteiger partial charge in [-0.15, -0.1) is 0 Å². The molecule has 1 aromatic heterocycles. The van der Waals surface area contributed by atoms with Gasteiger partial charge in [-0.25, -0.2) is 9.78 Å². The number of imidazole rings is 1. The molecule has 27 heavy (non-hydrogen) atoms. The number of carbonyl (C=O) groups is 1. The SMILES string of the molecule is CCOCCn1c(COc2ccc(C)cc2C)nc2cc(C(=O)O)ccc21. The van der Waals surface area contributed by atoms with Crippen LogP contribution in [0.4, 0.5) is 0 Å². The Balaban J connectivity index is 1.91. The van der Waals surface area contributed by atoms with E-state index in [4.69, 9.17) is 9.47 Å². The topological polar surface area (TPSA) is 73.6 Å². The second-order valence-electron chi connectivity index (χ2n) is 6.44. The Kier molecular flexibility index (Phi) is 5.76. The highest BCUT2D eigenvalue weighted by molar-refractivity contribution is 5.92. The van der Waals surface area contributed by atoms with Gasteiger partial charge < -0.3 is 19.1 Å². The Hall–Kier alpha value is -2.86. The molecule has 142 valence electrons. The molecule has 0 amide bonds. The van der Waals surface area contributed by atoms with Crippen LogP contribution in [0.2, 0.25) is 0 Å². The van der Waals surface area contributed by atoms with Crippen molar-refractivity contribution < 1.29 is 19.4 Å². The van der Waals surface area contributed by atoms with Gasteiger partial charge in [0.2, 0.25) is 0 Å². The minimum Gasteiger partial charge on any atom is -0.485 e. The fourth-order valence-corrected chi connectivity index (χ4v) is 3.08. The van der Waals surface area contributed by atoms with Crippen LogP contribution in [0.15, 0.2) is 36.4 Å². The monoisotopic (exact) mass is 368 g/mol. The van der Waals surface area contributed by atoms with E-state index in [1.165, 1.54) is 5.56 Å². The molecule has 1 N–H and O–H groups in total. The van der Waals surface area contributed by atoms with Crippen molar-refractivity contribution in [2.24, 2.45) is 0 Å². The molecule has 0 radical (unpaired) electrons. The molecule has 0 bridgehead atoms. The van der Waals surface area contributed by atoms with Gasteiger partial charge in [-0.1, -0.05) is 17.7 Å². The smallest absolute Gasteiger partial charge is 0.335 e. The lowest BCUT2D eigenvalue weighted by Crippen LogP contribution is -2.11. The summed E-state index contributed by atoms with van der Waals surface area (Å²) in [5.74, 6) is 0.594. The fourth-order valence-electron chi connectivity index (χ4n) is 3.08. The van der Waals surface area contributed by atoms with E-state index in [9.17, 15) is 9.90 Å². The molecule has 1 heterocycles. The molecule has 0 saturated carbocycles. The first-order chi connectivity index (χ1) is 13.0. The molecule has 0 atom stereocenters. The van der Waals surface area contributed by atoms with Crippen LogP contribution in [0.1, 0.15) is 34.2 Å². The van der Waals surface area contributed by atoms with E-state index in [0.717, 1.165) is 22.7 Å². The molecular weight excluding hydrogens is 344 g/mol. The van der Waals surface area contributed by atoms with Gasteiger partial charge in [-0.05, 0) is 50.6 Å². The summed E-state index contributed by atoms with van der Waals surface area (Å²) >= 11 is 0. The van der Waals surface area contributed by atoms with Crippen molar-refractivity contribution in [2.45, 2.75) is 33.9 Å². The predicted octanol–water partition coefficient (Wildman–Crippen LogP) is 3.97. The summed E-state index contributed by atoms with van der Waals surface area (Å²) in [5.41, 5.74) is 3.99. The Morgan fingerprint density at radius 1 is 1.19 bits per heavy atom. The van der Waals surface area contributed by atoms with E-state index >= 15 is 0 Å². The van der Waals surface area contributed by atoms with E-state index in [0.29, 0.717) is 31.9 Å². The number of aromatic carboxylic acids is 1. The van der Waals surface area contributed by atoms with E-state index in [2.05, 4.69) is 11.1 Å². The summed E-state index contributed by atoms with van der Waals surface area (Å²) in [6.45, 7) is 8.14. The first kappa shape index (κ1) is 18.9. The van der Waals surface area contributed by atoms with Gasteiger partial charge in [0, 0.05) is 13.2 Å². The van der Waals surface area contributed by atoms with E-state index < -0.39 is 5.97 Å². The number of carboxylic acid groups (broad SMARTS) is 1. The number of hydrogen-bond donors (Lipinski definition) is 1. The average molecular weight is 368 g/mol. The Morgan fingerprint density at radius 2 is 2.00 bits per heavy atom. The summed E-state index contributed by atoms with van der Waals surface area (Å²) < 4.78 is 13.5. The first-order valence-corrected chi connectivity index (χ1v) is 9.00. The van der Waals surface area contributed by atoms with Crippen LogP contribution in [-0.2, 0) is 17.9 Å². The molecule has 0 unspecified atom stereocenters. The fraction of sp³-hybridized carbons (Fsp3) is 0.333. The molecular formula is C21H24N2O4. The molecule has 0 spiro atoms. The highest BCUT2D eigenvalue weighted by atomic mass is 16.5. The lowest BCUT2D eigenvalue weighted by atomic mass is 10.1. The summed E-state index contributed by atoms with van der Waals surface area (Å²) in [5, 5.41) is 9.22. The number of benzene rings is 2. The molecule has 0 aliphatic carbocycles. The molecule has 0 aliphatic heterocycles. The number of carboxylic acids is 1. The van der Waals surface area contributed by atoms with Gasteiger partial charge in [-0.2, -0.15) is 0 Å². The van der Waals surface area contributed by atoms with Crippen LogP contribution in [0, 0.1) is 13.8 Å². The maximum absolute atomic E-state index is 11.2. The third-order valence-corrected chi connectivity index (χ3v) is 4.42. The quantitative estimate of drug-likeness (QED) is 0.609. The van der Waals surface area contributed by atoms with Crippen molar-refractivity contribution in [2.75, 3.05) is 13.2 Å². The molecule has 6 nitrogen and oxygen atoms in total. The summed E-state index contributed by atoms with van der Waals surface area (Å²) in [6.07, 6.45) is 0. The van der Waals surface area contributed by atoms with Crippen LogP contribution in [-0.4, -0.2) is 33.8 Å². The van der Waals surface area contributed by atoms with Gasteiger partial charge in [0.05, 0.1) is 23.2 Å². The summed E-state index contributed by atoms with van der Waals surface area (Å²) in [4.78, 5) is 15.9. The number of ether oxygens (including phenoxy) is 2. The highest BCUT2D eigenvalue weighted by Crippen LogP contribution is 2.22. The lowest BCUT2D eigenvalue weighted by molar-refractivity contribution is 0.0697. The van der Waals surface area contributed by atoms with Crippen molar-refractivity contribution in [3.8, 4) is 5.75 Å². The first-order valence-electron chi connectivity index (χ1n) is 9.00. The molecule has 3 aromatic rings. The maximum atomic E-state index is 11.2. The van der Waals surface area contributed by atoms with E-state index in [1.807, 2.05) is 37.5 Å². The predicted molar refractivity (Wildman–Crippen MR) is 103 cm³/mol. The standard InChI is InChI=1S/C21H24N2O4/c1-4-26-10-9-23-18-7-6-16(21(24)25)12-17(18)22-20(23)13-27-19-8-5-14(2)11-15(19)3/h5-8,11-12H,4,9-10,13H2,1-3H3,(H,24,25). The van der Waals surface area contributed by atoms with Gasteiger partial charge in [0.15, 0.2) is 0 Å². The molecule has 0 fully saturated rings. The van der Waals surface area contributed by atoms with Crippen LogP contribution < -0.4 is 4.74 Å². The lowest BCUT2D eigenvalue weighted by Gasteiger charge is -2.12. The number of aromatic nitrogens is 2. The normalized spacial score (nSPS) is 11.1. The van der Waals surface area contributed by atoms with E-state index in [-0.39, 0.29) is 5.56 Å². The minimum atomic E-state index is -0.964. The minimum absolute atomic E-state index is 0.221. The Morgan fingerprint density at radius 3 is 2.70 bits per heavy atom. The van der Waals surface area contributed by atoms with Crippen LogP contribution in [0.3, 0.4) is 0 Å². The maximum Gasteiger partial charge on any atom is 0.335 e. The molecule has 6 heteroatoms. The molecule has 0 saturated heterocycles. The van der Waals surface area contributed by atoms with Gasteiger partial charge in [0.25, 0.3) is 0 Å². The number of aryl methyl sites for hydroxylation is 2. The van der Waals surface area contributed by atoms with Crippen LogP contribution >= 0.6 is 0 Å². The average Bonchev–Trinajstić information content (AvgIpc) is 2.98.